The van der Waals surface area contributed by atoms with Crippen molar-refractivity contribution in [1.29, 1.82) is 0 Å². The van der Waals surface area contributed by atoms with Crippen LogP contribution in [0.2, 0.25) is 5.02 Å². The van der Waals surface area contributed by atoms with Crippen molar-refractivity contribution < 1.29 is 31.2 Å². The number of benzene rings is 3. The van der Waals surface area contributed by atoms with E-state index in [1.165, 1.54) is 4.90 Å². The van der Waals surface area contributed by atoms with Crippen LogP contribution in [-0.2, 0) is 38.8 Å². The topological polar surface area (TPSA) is 86.8 Å². The molecule has 1 saturated carbocycles. The van der Waals surface area contributed by atoms with Crippen LogP contribution in [0, 0.1) is 0 Å². The monoisotopic (exact) mass is 713 g/mol. The lowest BCUT2D eigenvalue weighted by Crippen LogP contribution is -2.54. The SMILES string of the molecule is CS(=O)(=O)N(CC(=O)N(Cc1ccc(Br)cc1)C(Cc1ccccc1)C(=O)NC1CCCC1)c1cc(C(F)(F)F)ccc1Cl. The Hall–Kier alpha value is -3.09. The first-order chi connectivity index (χ1) is 20.7. The molecule has 236 valence electrons. The molecular weight excluding hydrogens is 683 g/mol. The zero-order valence-corrected chi connectivity index (χ0v) is 27.0. The molecule has 44 heavy (non-hydrogen) atoms. The van der Waals surface area contributed by atoms with Gasteiger partial charge in [-0.05, 0) is 54.3 Å². The Labute approximate surface area is 268 Å². The van der Waals surface area contributed by atoms with Gasteiger partial charge in [0.2, 0.25) is 21.8 Å². The number of carbonyl (C=O) groups excluding carboxylic acids is 2. The first-order valence-electron chi connectivity index (χ1n) is 13.9. The molecule has 13 heteroatoms. The summed E-state index contributed by atoms with van der Waals surface area (Å²) in [6.07, 6.45) is -0.317. The summed E-state index contributed by atoms with van der Waals surface area (Å²) in [5.74, 6) is -1.18. The molecule has 1 aliphatic rings. The van der Waals surface area contributed by atoms with Crippen LogP contribution >= 0.6 is 27.5 Å². The van der Waals surface area contributed by atoms with Gasteiger partial charge in [-0.3, -0.25) is 13.9 Å². The standard InChI is InChI=1S/C31H32BrClF3N3O4S/c1-44(42,43)39(27-18-23(31(34,35)36)13-16-26(27)33)20-29(40)38(19-22-11-14-24(32)15-12-22)28(17-21-7-3-2-4-8-21)30(41)37-25-9-5-6-10-25/h2-4,7-8,11-16,18,25,28H,5-6,9-10,17,19-20H2,1H3,(H,37,41). The number of carbonyl (C=O) groups is 2. The van der Waals surface area contributed by atoms with E-state index >= 15 is 0 Å². The quantitative estimate of drug-likeness (QED) is 0.243. The van der Waals surface area contributed by atoms with E-state index in [2.05, 4.69) is 21.2 Å². The summed E-state index contributed by atoms with van der Waals surface area (Å²) < 4.78 is 67.9. The lowest BCUT2D eigenvalue weighted by atomic mass is 10.0. The molecule has 0 spiro atoms. The number of rotatable bonds is 11. The van der Waals surface area contributed by atoms with Gasteiger partial charge < -0.3 is 10.2 Å². The molecule has 1 unspecified atom stereocenters. The number of anilines is 1. The van der Waals surface area contributed by atoms with E-state index in [4.69, 9.17) is 11.6 Å². The van der Waals surface area contributed by atoms with E-state index in [-0.39, 0.29) is 24.0 Å². The molecule has 0 bridgehead atoms. The van der Waals surface area contributed by atoms with Crippen LogP contribution in [0.25, 0.3) is 0 Å². The molecule has 2 amide bonds. The number of nitrogens with one attached hydrogen (secondary N) is 1. The fourth-order valence-corrected chi connectivity index (χ4v) is 6.57. The number of halogens is 5. The molecule has 0 aliphatic heterocycles. The number of amides is 2. The molecule has 1 N–H and O–H groups in total. The second-order valence-corrected chi connectivity index (χ2v) is 14.0. The van der Waals surface area contributed by atoms with Crippen molar-refractivity contribution >= 4 is 55.1 Å². The van der Waals surface area contributed by atoms with E-state index in [0.717, 1.165) is 54.1 Å². The number of sulfonamides is 1. The van der Waals surface area contributed by atoms with Gasteiger partial charge in [0, 0.05) is 23.5 Å². The molecule has 0 radical (unpaired) electrons. The molecule has 4 rings (SSSR count). The number of hydrogen-bond donors (Lipinski definition) is 1. The maximum atomic E-state index is 14.2. The van der Waals surface area contributed by atoms with Crippen LogP contribution in [0.15, 0.2) is 77.3 Å². The van der Waals surface area contributed by atoms with Gasteiger partial charge in [-0.15, -0.1) is 0 Å². The predicted molar refractivity (Wildman–Crippen MR) is 168 cm³/mol. The van der Waals surface area contributed by atoms with Crippen LogP contribution in [0.4, 0.5) is 18.9 Å². The van der Waals surface area contributed by atoms with Crippen LogP contribution < -0.4 is 9.62 Å². The van der Waals surface area contributed by atoms with Crippen LogP contribution in [0.3, 0.4) is 0 Å². The second-order valence-electron chi connectivity index (χ2n) is 10.8. The van der Waals surface area contributed by atoms with Crippen molar-refractivity contribution in [2.75, 3.05) is 17.1 Å². The molecule has 0 saturated heterocycles. The van der Waals surface area contributed by atoms with Crippen molar-refractivity contribution in [3.05, 3.63) is 99.0 Å². The van der Waals surface area contributed by atoms with Crippen molar-refractivity contribution in [2.24, 2.45) is 0 Å². The number of alkyl halides is 3. The van der Waals surface area contributed by atoms with Crippen molar-refractivity contribution in [1.82, 2.24) is 10.2 Å². The third-order valence-corrected chi connectivity index (χ3v) is 9.43. The maximum Gasteiger partial charge on any atom is 0.416 e. The zero-order valence-electron chi connectivity index (χ0n) is 23.9. The van der Waals surface area contributed by atoms with Gasteiger partial charge in [-0.1, -0.05) is 82.8 Å². The van der Waals surface area contributed by atoms with Crippen LogP contribution in [0.1, 0.15) is 42.4 Å². The summed E-state index contributed by atoms with van der Waals surface area (Å²) >= 11 is 9.59. The average molecular weight is 715 g/mol. The zero-order chi connectivity index (χ0) is 32.1. The van der Waals surface area contributed by atoms with Gasteiger partial charge in [-0.25, -0.2) is 8.42 Å². The summed E-state index contributed by atoms with van der Waals surface area (Å²) in [5, 5.41) is 2.78. The van der Waals surface area contributed by atoms with Gasteiger partial charge in [0.25, 0.3) is 0 Å². The van der Waals surface area contributed by atoms with Gasteiger partial charge in [-0.2, -0.15) is 13.2 Å². The maximum absolute atomic E-state index is 14.2. The van der Waals surface area contributed by atoms with Crippen molar-refractivity contribution in [3.8, 4) is 0 Å². The second kappa shape index (κ2) is 14.3. The molecule has 1 fully saturated rings. The summed E-state index contributed by atoms with van der Waals surface area (Å²) in [6, 6.07) is 17.3. The molecule has 0 heterocycles. The Balaban J connectivity index is 1.76. The molecular formula is C31H32BrClF3N3O4S. The van der Waals surface area contributed by atoms with Crippen molar-refractivity contribution in [2.45, 2.75) is 56.9 Å². The minimum absolute atomic E-state index is 0.0539. The smallest absolute Gasteiger partial charge is 0.352 e. The van der Waals surface area contributed by atoms with E-state index in [9.17, 15) is 31.2 Å². The highest BCUT2D eigenvalue weighted by Crippen LogP contribution is 2.36. The predicted octanol–water partition coefficient (Wildman–Crippen LogP) is 6.59. The highest BCUT2D eigenvalue weighted by atomic mass is 79.9. The summed E-state index contributed by atoms with van der Waals surface area (Å²) in [5.41, 5.74) is -0.177. The highest BCUT2D eigenvalue weighted by molar-refractivity contribution is 9.10. The van der Waals surface area contributed by atoms with Crippen molar-refractivity contribution in [3.63, 3.8) is 0 Å². The first-order valence-corrected chi connectivity index (χ1v) is 17.0. The fourth-order valence-electron chi connectivity index (χ4n) is 5.18. The van der Waals surface area contributed by atoms with E-state index in [0.29, 0.717) is 15.9 Å². The number of nitrogens with zero attached hydrogens (tertiary/aromatic N) is 2. The Morgan fingerprint density at radius 1 is 1.00 bits per heavy atom. The summed E-state index contributed by atoms with van der Waals surface area (Å²) in [6.45, 7) is -0.936. The first kappa shape index (κ1) is 33.8. The lowest BCUT2D eigenvalue weighted by Gasteiger charge is -2.34. The third kappa shape index (κ3) is 8.98. The molecule has 3 aromatic carbocycles. The minimum atomic E-state index is -4.78. The van der Waals surface area contributed by atoms with E-state index in [1.807, 2.05) is 30.3 Å². The highest BCUT2D eigenvalue weighted by Gasteiger charge is 2.36. The Morgan fingerprint density at radius 2 is 1.64 bits per heavy atom. The van der Waals surface area contributed by atoms with Gasteiger partial charge in [0.15, 0.2) is 0 Å². The normalized spacial score (nSPS) is 14.7. The third-order valence-electron chi connectivity index (χ3n) is 7.46. The summed E-state index contributed by atoms with van der Waals surface area (Å²) in [7, 11) is -4.31. The molecule has 1 atom stereocenters. The molecule has 7 nitrogen and oxygen atoms in total. The Bertz CT molecular complexity index is 1570. The van der Waals surface area contributed by atoms with Gasteiger partial charge in [0.05, 0.1) is 22.5 Å². The largest absolute Gasteiger partial charge is 0.416 e. The molecule has 1 aliphatic carbocycles. The van der Waals surface area contributed by atoms with Gasteiger partial charge in [0.1, 0.15) is 12.6 Å². The molecule has 0 aromatic heterocycles. The van der Waals surface area contributed by atoms with E-state index < -0.39 is 51.9 Å². The lowest BCUT2D eigenvalue weighted by molar-refractivity contribution is -0.140. The summed E-state index contributed by atoms with van der Waals surface area (Å²) in [4.78, 5) is 29.3. The number of hydrogen-bond acceptors (Lipinski definition) is 4. The van der Waals surface area contributed by atoms with Crippen LogP contribution in [0.5, 0.6) is 0 Å². The molecule has 3 aromatic rings. The van der Waals surface area contributed by atoms with Gasteiger partial charge >= 0.3 is 6.18 Å². The fraction of sp³-hybridized carbons (Fsp3) is 0.355. The minimum Gasteiger partial charge on any atom is -0.352 e. The Kier molecular flexibility index (Phi) is 11.0. The Morgan fingerprint density at radius 3 is 2.23 bits per heavy atom. The average Bonchev–Trinajstić information content (AvgIpc) is 3.47. The van der Waals surface area contributed by atoms with E-state index in [1.54, 1.807) is 24.3 Å². The van der Waals surface area contributed by atoms with Crippen LogP contribution in [-0.4, -0.2) is 50.0 Å².